The largest absolute Gasteiger partial charge is 0.478 e. The number of hydrogen-bond acceptors (Lipinski definition) is 12. The van der Waals surface area contributed by atoms with Gasteiger partial charge in [-0.05, 0) is 12.1 Å². The molecule has 0 unspecified atom stereocenters. The monoisotopic (exact) mass is 451 g/mol. The molecule has 14 heteroatoms. The van der Waals surface area contributed by atoms with Gasteiger partial charge in [-0.15, -0.1) is 5.10 Å². The number of furan rings is 1. The van der Waals surface area contributed by atoms with Crippen LogP contribution in [0.5, 0.6) is 0 Å². The van der Waals surface area contributed by atoms with E-state index in [2.05, 4.69) is 40.2 Å². The fourth-order valence-corrected chi connectivity index (χ4v) is 3.49. The van der Waals surface area contributed by atoms with E-state index in [1.54, 1.807) is 18.4 Å². The van der Waals surface area contributed by atoms with E-state index in [1.165, 1.54) is 16.9 Å². The van der Waals surface area contributed by atoms with Gasteiger partial charge >= 0.3 is 5.97 Å². The van der Waals surface area contributed by atoms with Gasteiger partial charge in [0.1, 0.15) is 0 Å². The van der Waals surface area contributed by atoms with E-state index in [0.29, 0.717) is 35.8 Å². The van der Waals surface area contributed by atoms with Gasteiger partial charge in [0, 0.05) is 51.7 Å². The zero-order chi connectivity index (χ0) is 22.8. The van der Waals surface area contributed by atoms with Gasteiger partial charge < -0.3 is 25.5 Å². The normalized spacial score (nSPS) is 14.6. The molecule has 33 heavy (non-hydrogen) atoms. The smallest absolute Gasteiger partial charge is 0.338 e. The molecule has 0 spiro atoms. The third kappa shape index (κ3) is 4.36. The summed E-state index contributed by atoms with van der Waals surface area (Å²) in [4.78, 5) is 36.6. The maximum atomic E-state index is 10.9. The van der Waals surface area contributed by atoms with Crippen LogP contribution in [0.4, 0.5) is 17.8 Å². The minimum atomic E-state index is -1.04. The molecule has 4 aromatic heterocycles. The van der Waals surface area contributed by atoms with Gasteiger partial charge in [0.2, 0.25) is 23.7 Å². The van der Waals surface area contributed by atoms with Crippen LogP contribution in [-0.4, -0.2) is 89.8 Å². The predicted molar refractivity (Wildman–Crippen MR) is 117 cm³/mol. The molecule has 1 aliphatic heterocycles. The summed E-state index contributed by atoms with van der Waals surface area (Å²) < 4.78 is 6.69. The van der Waals surface area contributed by atoms with Gasteiger partial charge in [-0.3, -0.25) is 4.90 Å². The van der Waals surface area contributed by atoms with Crippen molar-refractivity contribution in [2.45, 2.75) is 0 Å². The number of nitrogen functional groups attached to an aromatic ring is 1. The highest BCUT2D eigenvalue weighted by Gasteiger charge is 2.19. The van der Waals surface area contributed by atoms with E-state index >= 15 is 0 Å². The molecule has 0 aliphatic carbocycles. The van der Waals surface area contributed by atoms with Gasteiger partial charge in [-0.25, -0.2) is 14.8 Å². The Balaban J connectivity index is 1.14. The average molecular weight is 451 g/mol. The van der Waals surface area contributed by atoms with Crippen molar-refractivity contribution in [2.24, 2.45) is 0 Å². The summed E-state index contributed by atoms with van der Waals surface area (Å²) in [5.41, 5.74) is 6.09. The Morgan fingerprint density at radius 3 is 2.64 bits per heavy atom. The number of anilines is 3. The Labute approximate surface area is 187 Å². The lowest BCUT2D eigenvalue weighted by molar-refractivity contribution is 0.0696. The van der Waals surface area contributed by atoms with E-state index in [4.69, 9.17) is 15.3 Å². The average Bonchev–Trinajstić information content (AvgIpc) is 3.50. The third-order valence-electron chi connectivity index (χ3n) is 5.23. The Kier molecular flexibility index (Phi) is 5.40. The van der Waals surface area contributed by atoms with Crippen LogP contribution in [0.3, 0.4) is 0 Å². The van der Waals surface area contributed by atoms with Crippen molar-refractivity contribution >= 4 is 29.6 Å². The highest BCUT2D eigenvalue weighted by Crippen LogP contribution is 2.17. The lowest BCUT2D eigenvalue weighted by Gasteiger charge is -2.34. The van der Waals surface area contributed by atoms with Crippen molar-refractivity contribution in [1.29, 1.82) is 0 Å². The van der Waals surface area contributed by atoms with Crippen LogP contribution in [0.2, 0.25) is 0 Å². The molecule has 0 bridgehead atoms. The van der Waals surface area contributed by atoms with E-state index in [0.717, 1.165) is 32.7 Å². The first-order valence-corrected chi connectivity index (χ1v) is 10.3. The fourth-order valence-electron chi connectivity index (χ4n) is 3.49. The second-order valence-corrected chi connectivity index (χ2v) is 7.36. The molecule has 4 N–H and O–H groups in total. The minimum absolute atomic E-state index is 0.0767. The van der Waals surface area contributed by atoms with Crippen LogP contribution in [0.15, 0.2) is 35.2 Å². The standard InChI is InChI=1S/C19H21N11O3/c20-16-25-17(26-19-24-14(27-30(16)19)13-2-1-9-33-13)21-3-4-28-5-7-29(8-6-28)18-22-10-12(11-23-18)15(31)32/h1-2,9-11H,3-8H2,(H,31,32)(H3,20,21,24,25,26,27). The number of piperazine rings is 1. The summed E-state index contributed by atoms with van der Waals surface area (Å²) in [7, 11) is 0. The first-order valence-electron chi connectivity index (χ1n) is 10.3. The molecule has 1 saturated heterocycles. The number of nitrogens with one attached hydrogen (secondary N) is 1. The Morgan fingerprint density at radius 1 is 1.15 bits per heavy atom. The molecule has 0 amide bonds. The molecule has 14 nitrogen and oxygen atoms in total. The van der Waals surface area contributed by atoms with Crippen LogP contribution in [0, 0.1) is 0 Å². The van der Waals surface area contributed by atoms with Crippen LogP contribution in [0.1, 0.15) is 10.4 Å². The third-order valence-corrected chi connectivity index (χ3v) is 5.23. The zero-order valence-electron chi connectivity index (χ0n) is 17.5. The maximum absolute atomic E-state index is 10.9. The molecule has 5 rings (SSSR count). The van der Waals surface area contributed by atoms with Crippen LogP contribution in [0.25, 0.3) is 17.4 Å². The number of rotatable bonds is 7. The number of carbonyl (C=O) groups is 1. The molecule has 5 heterocycles. The van der Waals surface area contributed by atoms with Crippen LogP contribution >= 0.6 is 0 Å². The quantitative estimate of drug-likeness (QED) is 0.344. The number of aromatic carboxylic acids is 1. The van der Waals surface area contributed by atoms with Crippen molar-refractivity contribution in [3.05, 3.63) is 36.4 Å². The van der Waals surface area contributed by atoms with Crippen molar-refractivity contribution in [3.63, 3.8) is 0 Å². The summed E-state index contributed by atoms with van der Waals surface area (Å²) in [6, 6.07) is 3.51. The summed E-state index contributed by atoms with van der Waals surface area (Å²) in [5.74, 6) is 1.30. The molecule has 4 aromatic rings. The minimum Gasteiger partial charge on any atom is -0.478 e. The Morgan fingerprint density at radius 2 is 1.94 bits per heavy atom. The van der Waals surface area contributed by atoms with Gasteiger partial charge in [-0.1, -0.05) is 0 Å². The second kappa shape index (κ2) is 8.66. The van der Waals surface area contributed by atoms with Gasteiger partial charge in [0.15, 0.2) is 5.76 Å². The SMILES string of the molecule is Nc1nc(NCCN2CCN(c3ncc(C(=O)O)cn3)CC2)nc2nc(-c3ccco3)nn12. The molecular weight excluding hydrogens is 430 g/mol. The summed E-state index contributed by atoms with van der Waals surface area (Å²) in [6.45, 7) is 4.55. The van der Waals surface area contributed by atoms with Gasteiger partial charge in [-0.2, -0.15) is 19.5 Å². The first-order chi connectivity index (χ1) is 16.1. The first kappa shape index (κ1) is 20.6. The number of carboxylic acid groups (broad SMARTS) is 1. The van der Waals surface area contributed by atoms with Crippen LogP contribution < -0.4 is 16.0 Å². The lowest BCUT2D eigenvalue weighted by atomic mass is 10.3. The fraction of sp³-hybridized carbons (Fsp3) is 0.316. The maximum Gasteiger partial charge on any atom is 0.338 e. The molecule has 0 saturated carbocycles. The van der Waals surface area contributed by atoms with Crippen molar-refractivity contribution in [2.75, 3.05) is 55.2 Å². The summed E-state index contributed by atoms with van der Waals surface area (Å²) >= 11 is 0. The molecular formula is C19H21N11O3. The van der Waals surface area contributed by atoms with E-state index in [9.17, 15) is 4.79 Å². The summed E-state index contributed by atoms with van der Waals surface area (Å²) in [5, 5.41) is 16.4. The van der Waals surface area contributed by atoms with Gasteiger partial charge in [0.25, 0.3) is 5.78 Å². The molecule has 1 fully saturated rings. The number of nitrogens with two attached hydrogens (primary N) is 1. The van der Waals surface area contributed by atoms with E-state index < -0.39 is 5.97 Å². The van der Waals surface area contributed by atoms with Crippen LogP contribution in [-0.2, 0) is 0 Å². The predicted octanol–water partition coefficient (Wildman–Crippen LogP) is 0.0838. The Hall–Kier alpha value is -4.33. The van der Waals surface area contributed by atoms with Crippen molar-refractivity contribution in [3.8, 4) is 11.6 Å². The highest BCUT2D eigenvalue weighted by atomic mass is 16.4. The van der Waals surface area contributed by atoms with Crippen molar-refractivity contribution < 1.29 is 14.3 Å². The molecule has 170 valence electrons. The molecule has 0 radical (unpaired) electrons. The zero-order valence-corrected chi connectivity index (χ0v) is 17.5. The molecule has 0 atom stereocenters. The number of aromatic nitrogens is 7. The van der Waals surface area contributed by atoms with E-state index in [1.807, 2.05) is 4.90 Å². The Bertz CT molecular complexity index is 1250. The lowest BCUT2D eigenvalue weighted by Crippen LogP contribution is -2.48. The second-order valence-electron chi connectivity index (χ2n) is 7.36. The number of hydrogen-bond donors (Lipinski definition) is 3. The number of nitrogens with zero attached hydrogens (tertiary/aromatic N) is 9. The number of carboxylic acids is 1. The number of fused-ring (bicyclic) bond motifs is 1. The van der Waals surface area contributed by atoms with Gasteiger partial charge in [0.05, 0.1) is 11.8 Å². The molecule has 0 aromatic carbocycles. The highest BCUT2D eigenvalue weighted by molar-refractivity contribution is 5.86. The van der Waals surface area contributed by atoms with Crippen molar-refractivity contribution in [1.82, 2.24) is 39.4 Å². The summed E-state index contributed by atoms with van der Waals surface area (Å²) in [6.07, 6.45) is 4.21. The molecule has 1 aliphatic rings. The topological polar surface area (TPSA) is 177 Å². The van der Waals surface area contributed by atoms with E-state index in [-0.39, 0.29) is 11.5 Å².